The number of ether oxygens (including phenoxy) is 2. The third-order valence-electron chi connectivity index (χ3n) is 5.12. The number of benzene rings is 2. The van der Waals surface area contributed by atoms with E-state index in [1.54, 1.807) is 11.8 Å². The average molecular weight is 484 g/mol. The normalized spacial score (nSPS) is 19.4. The van der Waals surface area contributed by atoms with E-state index >= 15 is 0 Å². The number of esters is 1. The van der Waals surface area contributed by atoms with Crippen molar-refractivity contribution >= 4 is 62.7 Å². The quantitative estimate of drug-likeness (QED) is 0.287. The summed E-state index contributed by atoms with van der Waals surface area (Å²) in [5.74, 6) is 0.496. The lowest BCUT2D eigenvalue weighted by molar-refractivity contribution is -0.137. The summed E-state index contributed by atoms with van der Waals surface area (Å²) in [7, 11) is 0. The number of carbonyl (C=O) groups is 1. The monoisotopic (exact) mass is 483 g/mol. The molecule has 0 aromatic heterocycles. The molecule has 32 heavy (non-hydrogen) atoms. The Balaban J connectivity index is 1.88. The molecule has 4 nitrogen and oxygen atoms in total. The summed E-state index contributed by atoms with van der Waals surface area (Å²) in [6.45, 7) is 8.85. The van der Waals surface area contributed by atoms with Crippen LogP contribution < -0.4 is 10.1 Å². The number of rotatable bonds is 5. The van der Waals surface area contributed by atoms with Crippen molar-refractivity contribution in [1.29, 1.82) is 0 Å². The number of hydrogen-bond acceptors (Lipinski definition) is 7. The molecule has 0 bridgehead atoms. The molecule has 2 aliphatic rings. The molecule has 166 valence electrons. The van der Waals surface area contributed by atoms with Crippen molar-refractivity contribution in [1.82, 2.24) is 0 Å². The highest BCUT2D eigenvalue weighted by Gasteiger charge is 2.39. The second-order valence-electron chi connectivity index (χ2n) is 7.80. The number of carbonyl (C=O) groups excluding carboxylic acids is 1. The molecular formula is C25H25NO3S3. The van der Waals surface area contributed by atoms with Crippen LogP contribution in [0.4, 0.5) is 5.69 Å². The van der Waals surface area contributed by atoms with Crippen LogP contribution in [-0.2, 0) is 9.53 Å². The summed E-state index contributed by atoms with van der Waals surface area (Å²) >= 11 is 9.00. The van der Waals surface area contributed by atoms with Crippen molar-refractivity contribution in [3.63, 3.8) is 0 Å². The Kier molecular flexibility index (Phi) is 6.70. The number of hydrogen-bond donors (Lipinski definition) is 1. The van der Waals surface area contributed by atoms with E-state index in [-0.39, 0.29) is 5.97 Å². The van der Waals surface area contributed by atoms with Crippen molar-refractivity contribution < 1.29 is 14.3 Å². The zero-order valence-electron chi connectivity index (χ0n) is 18.5. The van der Waals surface area contributed by atoms with Crippen LogP contribution in [-0.4, -0.2) is 29.6 Å². The molecule has 0 radical (unpaired) electrons. The number of fused-ring (bicyclic) bond motifs is 1. The SMILES string of the molecule is CCOC(=O)C1=C(c2ccccc2)SC(=C2C(=S)C(C)(C)Nc3c(OCC)cccc32)S1. The number of anilines is 1. The topological polar surface area (TPSA) is 47.6 Å². The molecule has 0 saturated carbocycles. The van der Waals surface area contributed by atoms with Crippen LogP contribution in [0.5, 0.6) is 5.75 Å². The van der Waals surface area contributed by atoms with Gasteiger partial charge in [0.1, 0.15) is 10.7 Å². The van der Waals surface area contributed by atoms with Crippen molar-refractivity contribution in [2.75, 3.05) is 18.5 Å². The first kappa shape index (κ1) is 23.0. The maximum absolute atomic E-state index is 12.8. The van der Waals surface area contributed by atoms with Gasteiger partial charge in [0.25, 0.3) is 0 Å². The fraction of sp³-hybridized carbons (Fsp3) is 0.280. The predicted molar refractivity (Wildman–Crippen MR) is 140 cm³/mol. The Morgan fingerprint density at radius 1 is 1.03 bits per heavy atom. The van der Waals surface area contributed by atoms with Gasteiger partial charge in [-0.2, -0.15) is 0 Å². The smallest absolute Gasteiger partial charge is 0.346 e. The lowest BCUT2D eigenvalue weighted by Crippen LogP contribution is -2.43. The van der Waals surface area contributed by atoms with Gasteiger partial charge >= 0.3 is 5.97 Å². The standard InChI is InChI=1S/C25H25NO3S3/c1-5-28-17-14-10-13-16-18(22(30)25(3,4)26-19(16)17)24-31-20(15-11-8-7-9-12-15)21(32-24)23(27)29-6-2/h7-14,26H,5-6H2,1-4H3. The second kappa shape index (κ2) is 9.33. The predicted octanol–water partition coefficient (Wildman–Crippen LogP) is 6.74. The molecule has 0 amide bonds. The first-order valence-corrected chi connectivity index (χ1v) is 12.6. The maximum Gasteiger partial charge on any atom is 0.346 e. The lowest BCUT2D eigenvalue weighted by atomic mass is 9.85. The number of nitrogens with one attached hydrogen (secondary N) is 1. The molecule has 7 heteroatoms. The van der Waals surface area contributed by atoms with Gasteiger partial charge in [0, 0.05) is 20.9 Å². The zero-order chi connectivity index (χ0) is 22.9. The minimum absolute atomic E-state index is 0.304. The van der Waals surface area contributed by atoms with Crippen LogP contribution in [0.25, 0.3) is 10.5 Å². The van der Waals surface area contributed by atoms with Crippen LogP contribution in [0.3, 0.4) is 0 Å². The van der Waals surface area contributed by atoms with Crippen LogP contribution in [0, 0.1) is 0 Å². The van der Waals surface area contributed by atoms with Gasteiger partial charge in [-0.05, 0) is 39.3 Å². The summed E-state index contributed by atoms with van der Waals surface area (Å²) in [5, 5.41) is 3.57. The molecule has 0 fully saturated rings. The Morgan fingerprint density at radius 2 is 1.78 bits per heavy atom. The molecule has 2 aromatic carbocycles. The summed E-state index contributed by atoms with van der Waals surface area (Å²) in [6.07, 6.45) is 0. The largest absolute Gasteiger partial charge is 0.492 e. The zero-order valence-corrected chi connectivity index (χ0v) is 20.9. The molecule has 0 aliphatic carbocycles. The van der Waals surface area contributed by atoms with E-state index in [1.165, 1.54) is 11.8 Å². The van der Waals surface area contributed by atoms with E-state index in [4.69, 9.17) is 21.7 Å². The molecule has 2 aliphatic heterocycles. The van der Waals surface area contributed by atoms with E-state index in [1.807, 2.05) is 56.3 Å². The molecule has 0 saturated heterocycles. The fourth-order valence-electron chi connectivity index (χ4n) is 3.66. The summed E-state index contributed by atoms with van der Waals surface area (Å²) in [5.41, 5.74) is 3.45. The highest BCUT2D eigenvalue weighted by Crippen LogP contribution is 2.58. The van der Waals surface area contributed by atoms with Gasteiger partial charge in [-0.15, -0.1) is 0 Å². The van der Waals surface area contributed by atoms with Gasteiger partial charge in [0.15, 0.2) is 0 Å². The van der Waals surface area contributed by atoms with Gasteiger partial charge in [-0.1, -0.05) is 78.2 Å². The van der Waals surface area contributed by atoms with E-state index in [9.17, 15) is 4.79 Å². The molecule has 0 spiro atoms. The van der Waals surface area contributed by atoms with Gasteiger partial charge in [-0.3, -0.25) is 0 Å². The van der Waals surface area contributed by atoms with Gasteiger partial charge in [0.2, 0.25) is 0 Å². The van der Waals surface area contributed by atoms with Crippen LogP contribution >= 0.6 is 35.7 Å². The number of thioether (sulfide) groups is 2. The third kappa shape index (κ3) is 4.21. The minimum Gasteiger partial charge on any atom is -0.492 e. The molecule has 4 rings (SSSR count). The van der Waals surface area contributed by atoms with Gasteiger partial charge in [0.05, 0.1) is 28.7 Å². The molecule has 0 atom stereocenters. The average Bonchev–Trinajstić information content (AvgIpc) is 3.21. The number of thiocarbonyl (C=S) groups is 1. The molecule has 2 heterocycles. The van der Waals surface area contributed by atoms with Crippen molar-refractivity contribution in [2.24, 2.45) is 0 Å². The maximum atomic E-state index is 12.8. The van der Waals surface area contributed by atoms with E-state index in [0.29, 0.717) is 18.1 Å². The highest BCUT2D eigenvalue weighted by atomic mass is 32.2. The minimum atomic E-state index is -0.446. The van der Waals surface area contributed by atoms with E-state index < -0.39 is 5.54 Å². The summed E-state index contributed by atoms with van der Waals surface area (Å²) < 4.78 is 12.3. The summed E-state index contributed by atoms with van der Waals surface area (Å²) in [4.78, 5) is 15.2. The highest BCUT2D eigenvalue weighted by molar-refractivity contribution is 8.32. The molecular weight excluding hydrogens is 458 g/mol. The second-order valence-corrected chi connectivity index (χ2v) is 10.5. The summed E-state index contributed by atoms with van der Waals surface area (Å²) in [6, 6.07) is 16.0. The Hall–Kier alpha value is -2.22. The van der Waals surface area contributed by atoms with Crippen LogP contribution in [0.1, 0.15) is 38.8 Å². The van der Waals surface area contributed by atoms with Crippen molar-refractivity contribution in [3.8, 4) is 5.75 Å². The van der Waals surface area contributed by atoms with E-state index in [2.05, 4.69) is 25.2 Å². The van der Waals surface area contributed by atoms with Crippen LogP contribution in [0.15, 0.2) is 57.7 Å². The molecule has 1 N–H and O–H groups in total. The third-order valence-corrected chi connectivity index (χ3v) is 8.47. The first-order chi connectivity index (χ1) is 15.4. The Labute approximate surface area is 202 Å². The van der Waals surface area contributed by atoms with Crippen molar-refractivity contribution in [3.05, 3.63) is 68.8 Å². The molecule has 2 aromatic rings. The van der Waals surface area contributed by atoms with E-state index in [0.717, 1.165) is 42.1 Å². The first-order valence-electron chi connectivity index (χ1n) is 10.5. The fourth-order valence-corrected chi connectivity index (χ4v) is 6.75. The van der Waals surface area contributed by atoms with Crippen LogP contribution in [0.2, 0.25) is 0 Å². The Bertz CT molecular complexity index is 1140. The Morgan fingerprint density at radius 3 is 2.47 bits per heavy atom. The molecule has 0 unspecified atom stereocenters. The van der Waals surface area contributed by atoms with Crippen molar-refractivity contribution in [2.45, 2.75) is 33.2 Å². The van der Waals surface area contributed by atoms with Gasteiger partial charge < -0.3 is 14.8 Å². The number of para-hydroxylation sites is 1. The van der Waals surface area contributed by atoms with Gasteiger partial charge in [-0.25, -0.2) is 4.79 Å². The lowest BCUT2D eigenvalue weighted by Gasteiger charge is -2.37.